The first kappa shape index (κ1) is 6.22. The number of hydrogen-bond acceptors (Lipinski definition) is 3. The summed E-state index contributed by atoms with van der Waals surface area (Å²) in [7, 11) is 0. The Balaban J connectivity index is 2.64. The second kappa shape index (κ2) is 1.99. The molecule has 3 heteroatoms. The van der Waals surface area contributed by atoms with Crippen molar-refractivity contribution in [2.45, 2.75) is 6.42 Å². The van der Waals surface area contributed by atoms with Crippen LogP contribution in [0.3, 0.4) is 0 Å². The summed E-state index contributed by atoms with van der Waals surface area (Å²) in [6, 6.07) is 3.62. The molecule has 0 amide bonds. The average Bonchev–Trinajstić information content (AvgIpc) is 2.30. The molecule has 3 nitrogen and oxygen atoms in total. The number of hydrogen-bond donors (Lipinski definition) is 1. The molecule has 54 valence electrons. The largest absolute Gasteiger partial charge is 0.301 e. The van der Waals surface area contributed by atoms with Crippen molar-refractivity contribution in [1.29, 1.82) is 5.41 Å². The molecule has 0 spiro atoms. The third kappa shape index (κ3) is 0.774. The van der Waals surface area contributed by atoms with E-state index in [2.05, 4.69) is 4.98 Å². The predicted octanol–water partition coefficient (Wildman–Crippen LogP) is 0.840. The minimum absolute atomic E-state index is 0.152. The van der Waals surface area contributed by atoms with Gasteiger partial charge in [0.15, 0.2) is 0 Å². The molecule has 11 heavy (non-hydrogen) atoms. The molecule has 0 saturated heterocycles. The minimum Gasteiger partial charge on any atom is -0.301 e. The standard InChI is InChI=1S/C8H6N2O/c9-6-4-5-2-1-3-10-7(5)8(6)11/h1-3,9H,4H2. The second-order valence-electron chi connectivity index (χ2n) is 2.50. The zero-order chi connectivity index (χ0) is 7.84. The average molecular weight is 146 g/mol. The summed E-state index contributed by atoms with van der Waals surface area (Å²) in [6.45, 7) is 0. The van der Waals surface area contributed by atoms with Gasteiger partial charge >= 0.3 is 0 Å². The van der Waals surface area contributed by atoms with Crippen LogP contribution in [-0.2, 0) is 6.42 Å². The van der Waals surface area contributed by atoms with E-state index < -0.39 is 0 Å². The number of aromatic nitrogens is 1. The molecule has 0 atom stereocenters. The van der Waals surface area contributed by atoms with Crippen molar-refractivity contribution in [3.63, 3.8) is 0 Å². The number of fused-ring (bicyclic) bond motifs is 1. The molecule has 1 aromatic heterocycles. The number of nitrogens with one attached hydrogen (secondary N) is 1. The van der Waals surface area contributed by atoms with E-state index in [1.807, 2.05) is 6.07 Å². The fourth-order valence-electron chi connectivity index (χ4n) is 1.20. The monoisotopic (exact) mass is 146 g/mol. The van der Waals surface area contributed by atoms with Gasteiger partial charge in [-0.05, 0) is 11.6 Å². The Hall–Kier alpha value is -1.51. The lowest BCUT2D eigenvalue weighted by molar-refractivity contribution is 0.106. The molecule has 1 aliphatic carbocycles. The fraction of sp³-hybridized carbons (Fsp3) is 0.125. The highest BCUT2D eigenvalue weighted by atomic mass is 16.1. The van der Waals surface area contributed by atoms with Crippen LogP contribution >= 0.6 is 0 Å². The first-order valence-electron chi connectivity index (χ1n) is 3.35. The van der Waals surface area contributed by atoms with Gasteiger partial charge in [0.05, 0.1) is 5.71 Å². The van der Waals surface area contributed by atoms with Gasteiger partial charge in [-0.3, -0.25) is 9.78 Å². The molecule has 0 unspecified atom stereocenters. The molecule has 1 aromatic rings. The highest BCUT2D eigenvalue weighted by Gasteiger charge is 2.25. The third-order valence-electron chi connectivity index (χ3n) is 1.75. The molecule has 0 saturated carbocycles. The molecule has 1 heterocycles. The molecular formula is C8H6N2O. The number of carbonyl (C=O) groups excluding carboxylic acids is 1. The number of rotatable bonds is 0. The number of ketones is 1. The van der Waals surface area contributed by atoms with Gasteiger partial charge in [0.1, 0.15) is 5.69 Å². The van der Waals surface area contributed by atoms with E-state index in [1.165, 1.54) is 0 Å². The van der Waals surface area contributed by atoms with E-state index >= 15 is 0 Å². The van der Waals surface area contributed by atoms with Gasteiger partial charge in [0.25, 0.3) is 0 Å². The van der Waals surface area contributed by atoms with Crippen LogP contribution in [-0.4, -0.2) is 16.5 Å². The van der Waals surface area contributed by atoms with Gasteiger partial charge in [0, 0.05) is 12.6 Å². The van der Waals surface area contributed by atoms with Crippen LogP contribution in [0.25, 0.3) is 0 Å². The molecule has 2 rings (SSSR count). The quantitative estimate of drug-likeness (QED) is 0.589. The SMILES string of the molecule is N=C1Cc2cccnc2C1=O. The number of nitrogens with zero attached hydrogens (tertiary/aromatic N) is 1. The molecule has 1 N–H and O–H groups in total. The van der Waals surface area contributed by atoms with E-state index in [0.717, 1.165) is 5.56 Å². The van der Waals surface area contributed by atoms with E-state index in [9.17, 15) is 4.79 Å². The lowest BCUT2D eigenvalue weighted by Crippen LogP contribution is -2.05. The Labute approximate surface area is 63.6 Å². The molecule has 0 aliphatic heterocycles. The van der Waals surface area contributed by atoms with E-state index in [-0.39, 0.29) is 11.5 Å². The van der Waals surface area contributed by atoms with Crippen molar-refractivity contribution in [2.75, 3.05) is 0 Å². The van der Waals surface area contributed by atoms with E-state index in [4.69, 9.17) is 5.41 Å². The Morgan fingerprint density at radius 2 is 2.36 bits per heavy atom. The topological polar surface area (TPSA) is 53.8 Å². The normalized spacial score (nSPS) is 15.3. The van der Waals surface area contributed by atoms with Gasteiger partial charge in [-0.1, -0.05) is 6.07 Å². The van der Waals surface area contributed by atoms with Crippen LogP contribution < -0.4 is 0 Å². The number of pyridine rings is 1. The van der Waals surface area contributed by atoms with Crippen LogP contribution in [0, 0.1) is 5.41 Å². The summed E-state index contributed by atoms with van der Waals surface area (Å²) >= 11 is 0. The highest BCUT2D eigenvalue weighted by Crippen LogP contribution is 2.15. The molecule has 0 aromatic carbocycles. The van der Waals surface area contributed by atoms with Crippen molar-refractivity contribution in [2.24, 2.45) is 0 Å². The Morgan fingerprint density at radius 1 is 1.55 bits per heavy atom. The van der Waals surface area contributed by atoms with E-state index in [0.29, 0.717) is 12.1 Å². The summed E-state index contributed by atoms with van der Waals surface area (Å²) in [4.78, 5) is 15.0. The van der Waals surface area contributed by atoms with Gasteiger partial charge in [0.2, 0.25) is 5.78 Å². The maximum atomic E-state index is 11.1. The van der Waals surface area contributed by atoms with E-state index in [1.54, 1.807) is 12.3 Å². The fourth-order valence-corrected chi connectivity index (χ4v) is 1.20. The van der Waals surface area contributed by atoms with Crippen LogP contribution in [0.5, 0.6) is 0 Å². The third-order valence-corrected chi connectivity index (χ3v) is 1.75. The lowest BCUT2D eigenvalue weighted by atomic mass is 10.2. The Morgan fingerprint density at radius 3 is 3.09 bits per heavy atom. The summed E-state index contributed by atoms with van der Waals surface area (Å²) in [5, 5.41) is 7.25. The Bertz CT molecular complexity index is 344. The van der Waals surface area contributed by atoms with Gasteiger partial charge in [-0.15, -0.1) is 0 Å². The predicted molar refractivity (Wildman–Crippen MR) is 40.0 cm³/mol. The number of carbonyl (C=O) groups is 1. The van der Waals surface area contributed by atoms with Crippen LogP contribution in [0.4, 0.5) is 0 Å². The molecule has 1 aliphatic rings. The van der Waals surface area contributed by atoms with Gasteiger partial charge in [-0.2, -0.15) is 0 Å². The van der Waals surface area contributed by atoms with Crippen LogP contribution in [0.2, 0.25) is 0 Å². The van der Waals surface area contributed by atoms with Crippen molar-refractivity contribution >= 4 is 11.5 Å². The lowest BCUT2D eigenvalue weighted by Gasteiger charge is -1.90. The first-order chi connectivity index (χ1) is 5.29. The van der Waals surface area contributed by atoms with Gasteiger partial charge < -0.3 is 5.41 Å². The van der Waals surface area contributed by atoms with Crippen LogP contribution in [0.15, 0.2) is 18.3 Å². The smallest absolute Gasteiger partial charge is 0.225 e. The van der Waals surface area contributed by atoms with Crippen LogP contribution in [0.1, 0.15) is 16.1 Å². The first-order valence-corrected chi connectivity index (χ1v) is 3.35. The summed E-state index contributed by atoms with van der Waals surface area (Å²) in [5.41, 5.74) is 1.48. The minimum atomic E-state index is -0.222. The van der Waals surface area contributed by atoms with Crippen molar-refractivity contribution < 1.29 is 4.79 Å². The maximum Gasteiger partial charge on any atom is 0.225 e. The number of Topliss-reactive ketones (excluding diaryl/α,β-unsaturated/α-hetero) is 1. The Kier molecular flexibility index (Phi) is 1.12. The van der Waals surface area contributed by atoms with Gasteiger partial charge in [-0.25, -0.2) is 0 Å². The van der Waals surface area contributed by atoms with Crippen molar-refractivity contribution in [3.05, 3.63) is 29.6 Å². The molecular weight excluding hydrogens is 140 g/mol. The molecule has 0 radical (unpaired) electrons. The molecule has 0 bridgehead atoms. The van der Waals surface area contributed by atoms with Crippen molar-refractivity contribution in [1.82, 2.24) is 4.98 Å². The highest BCUT2D eigenvalue weighted by molar-refractivity contribution is 6.47. The summed E-state index contributed by atoms with van der Waals surface area (Å²) in [6.07, 6.45) is 2.03. The van der Waals surface area contributed by atoms with Crippen molar-refractivity contribution in [3.8, 4) is 0 Å². The maximum absolute atomic E-state index is 11.1. The summed E-state index contributed by atoms with van der Waals surface area (Å²) < 4.78 is 0. The summed E-state index contributed by atoms with van der Waals surface area (Å²) in [5.74, 6) is -0.222. The zero-order valence-electron chi connectivity index (χ0n) is 5.79. The second-order valence-corrected chi connectivity index (χ2v) is 2.50. The zero-order valence-corrected chi connectivity index (χ0v) is 5.79. The molecule has 0 fully saturated rings.